The number of methoxy groups -OCH3 is 1. The highest BCUT2D eigenvalue weighted by Gasteiger charge is 2.31. The number of anilines is 1. The first-order chi connectivity index (χ1) is 11.2. The Bertz CT molecular complexity index is 519. The molecule has 23 heavy (non-hydrogen) atoms. The molecule has 0 bridgehead atoms. The SMILES string of the molecule is COC(C(=O)Nc1ccn(C2CCN(C)CC2)n1)C1CCOC1. The number of carbonyl (C=O) groups excluding carboxylic acids is 1. The van der Waals surface area contributed by atoms with Crippen LogP contribution in [0.5, 0.6) is 0 Å². The molecule has 1 amide bonds. The number of carbonyl (C=O) groups is 1. The second-order valence-corrected chi connectivity index (χ2v) is 6.48. The number of nitrogens with zero attached hydrogens (tertiary/aromatic N) is 3. The first-order valence-corrected chi connectivity index (χ1v) is 8.32. The molecule has 0 spiro atoms. The van der Waals surface area contributed by atoms with Gasteiger partial charge in [-0.25, -0.2) is 0 Å². The molecule has 0 aliphatic carbocycles. The highest BCUT2D eigenvalue weighted by molar-refractivity contribution is 5.93. The average Bonchev–Trinajstić information content (AvgIpc) is 3.21. The molecule has 2 aliphatic heterocycles. The average molecular weight is 322 g/mol. The number of hydrogen-bond acceptors (Lipinski definition) is 5. The maximum Gasteiger partial charge on any atom is 0.255 e. The molecule has 2 fully saturated rings. The number of amides is 1. The Morgan fingerprint density at radius 2 is 2.22 bits per heavy atom. The second kappa shape index (κ2) is 7.42. The van der Waals surface area contributed by atoms with Crippen molar-refractivity contribution in [1.29, 1.82) is 0 Å². The van der Waals surface area contributed by atoms with Crippen molar-refractivity contribution in [3.63, 3.8) is 0 Å². The Labute approximate surface area is 136 Å². The van der Waals surface area contributed by atoms with Crippen molar-refractivity contribution in [2.24, 2.45) is 5.92 Å². The van der Waals surface area contributed by atoms with Crippen molar-refractivity contribution < 1.29 is 14.3 Å². The fourth-order valence-electron chi connectivity index (χ4n) is 3.37. The Morgan fingerprint density at radius 3 is 2.87 bits per heavy atom. The molecule has 1 aromatic heterocycles. The molecule has 2 saturated heterocycles. The van der Waals surface area contributed by atoms with Crippen LogP contribution in [0.2, 0.25) is 0 Å². The van der Waals surface area contributed by atoms with Crippen LogP contribution in [0.15, 0.2) is 12.3 Å². The number of hydrogen-bond donors (Lipinski definition) is 1. The molecule has 0 radical (unpaired) electrons. The van der Waals surface area contributed by atoms with Gasteiger partial charge in [0.2, 0.25) is 0 Å². The van der Waals surface area contributed by atoms with Crippen molar-refractivity contribution in [3.05, 3.63) is 12.3 Å². The molecule has 7 nitrogen and oxygen atoms in total. The third-order valence-corrected chi connectivity index (χ3v) is 4.83. The molecule has 7 heteroatoms. The summed E-state index contributed by atoms with van der Waals surface area (Å²) in [5, 5.41) is 7.40. The number of rotatable bonds is 5. The Morgan fingerprint density at radius 1 is 1.43 bits per heavy atom. The number of aromatic nitrogens is 2. The second-order valence-electron chi connectivity index (χ2n) is 6.48. The summed E-state index contributed by atoms with van der Waals surface area (Å²) in [5.74, 6) is 0.572. The van der Waals surface area contributed by atoms with Gasteiger partial charge >= 0.3 is 0 Å². The smallest absolute Gasteiger partial charge is 0.255 e. The summed E-state index contributed by atoms with van der Waals surface area (Å²) >= 11 is 0. The van der Waals surface area contributed by atoms with Crippen LogP contribution in [-0.4, -0.2) is 67.2 Å². The summed E-state index contributed by atoms with van der Waals surface area (Å²) in [5.41, 5.74) is 0. The molecule has 128 valence electrons. The van der Waals surface area contributed by atoms with Crippen LogP contribution in [-0.2, 0) is 14.3 Å². The lowest BCUT2D eigenvalue weighted by Crippen LogP contribution is -2.36. The van der Waals surface area contributed by atoms with Gasteiger partial charge in [-0.2, -0.15) is 5.10 Å². The zero-order chi connectivity index (χ0) is 16.2. The quantitative estimate of drug-likeness (QED) is 0.880. The van der Waals surface area contributed by atoms with Crippen molar-refractivity contribution in [3.8, 4) is 0 Å². The maximum absolute atomic E-state index is 12.4. The van der Waals surface area contributed by atoms with E-state index >= 15 is 0 Å². The molecule has 3 rings (SSSR count). The van der Waals surface area contributed by atoms with Gasteiger partial charge < -0.3 is 19.7 Å². The van der Waals surface area contributed by atoms with Crippen molar-refractivity contribution in [1.82, 2.24) is 14.7 Å². The summed E-state index contributed by atoms with van der Waals surface area (Å²) in [6.45, 7) is 3.44. The molecule has 1 aromatic rings. The van der Waals surface area contributed by atoms with E-state index in [0.29, 0.717) is 25.1 Å². The third kappa shape index (κ3) is 3.91. The lowest BCUT2D eigenvalue weighted by atomic mass is 10.0. The molecular formula is C16H26N4O3. The fourth-order valence-corrected chi connectivity index (χ4v) is 3.37. The number of likely N-dealkylation sites (tertiary alicyclic amines) is 1. The minimum atomic E-state index is -0.481. The standard InChI is InChI=1S/C16H26N4O3/c1-19-7-3-13(4-8-19)20-9-5-14(18-20)17-16(21)15(22-2)12-6-10-23-11-12/h5,9,12-13,15H,3-4,6-8,10-11H2,1-2H3,(H,17,18,21). The lowest BCUT2D eigenvalue weighted by Gasteiger charge is -2.29. The molecule has 0 aromatic carbocycles. The monoisotopic (exact) mass is 322 g/mol. The van der Waals surface area contributed by atoms with Gasteiger partial charge in [-0.05, 0) is 39.4 Å². The summed E-state index contributed by atoms with van der Waals surface area (Å²) in [6, 6.07) is 2.27. The molecule has 2 atom stereocenters. The summed E-state index contributed by atoms with van der Waals surface area (Å²) in [4.78, 5) is 14.7. The van der Waals surface area contributed by atoms with E-state index in [1.54, 1.807) is 7.11 Å². The Hall–Kier alpha value is -1.44. The van der Waals surface area contributed by atoms with Gasteiger partial charge in [0.25, 0.3) is 5.91 Å². The van der Waals surface area contributed by atoms with Gasteiger partial charge in [-0.1, -0.05) is 0 Å². The molecule has 2 aliphatic rings. The summed E-state index contributed by atoms with van der Waals surface area (Å²) in [6.07, 6.45) is 4.50. The molecule has 1 N–H and O–H groups in total. The molecule has 3 heterocycles. The van der Waals surface area contributed by atoms with E-state index in [4.69, 9.17) is 9.47 Å². The van der Waals surface area contributed by atoms with Crippen LogP contribution in [0.3, 0.4) is 0 Å². The first-order valence-electron chi connectivity index (χ1n) is 8.32. The van der Waals surface area contributed by atoms with E-state index in [1.165, 1.54) is 0 Å². The van der Waals surface area contributed by atoms with Crippen LogP contribution in [0, 0.1) is 5.92 Å². The maximum atomic E-state index is 12.4. The van der Waals surface area contributed by atoms with Gasteiger partial charge in [0, 0.05) is 31.9 Å². The number of nitrogens with one attached hydrogen (secondary N) is 1. The van der Waals surface area contributed by atoms with Crippen molar-refractivity contribution in [2.45, 2.75) is 31.4 Å². The van der Waals surface area contributed by atoms with E-state index in [0.717, 1.165) is 32.4 Å². The zero-order valence-electron chi connectivity index (χ0n) is 13.9. The van der Waals surface area contributed by atoms with Gasteiger partial charge in [-0.3, -0.25) is 9.48 Å². The van der Waals surface area contributed by atoms with Crippen molar-refractivity contribution in [2.75, 3.05) is 45.8 Å². The number of ether oxygens (including phenoxy) is 2. The van der Waals surface area contributed by atoms with E-state index in [2.05, 4.69) is 22.4 Å². The topological polar surface area (TPSA) is 68.6 Å². The lowest BCUT2D eigenvalue weighted by molar-refractivity contribution is -0.128. The summed E-state index contributed by atoms with van der Waals surface area (Å²) < 4.78 is 12.7. The minimum absolute atomic E-state index is 0.121. The predicted molar refractivity (Wildman–Crippen MR) is 86.3 cm³/mol. The predicted octanol–water partition coefficient (Wildman–Crippen LogP) is 1.14. The highest BCUT2D eigenvalue weighted by Crippen LogP contribution is 2.23. The van der Waals surface area contributed by atoms with E-state index in [-0.39, 0.29) is 11.8 Å². The van der Waals surface area contributed by atoms with Gasteiger partial charge in [0.1, 0.15) is 6.10 Å². The normalized spacial score (nSPS) is 24.7. The molecular weight excluding hydrogens is 296 g/mol. The Kier molecular flexibility index (Phi) is 5.30. The van der Waals surface area contributed by atoms with Gasteiger partial charge in [0.05, 0.1) is 12.6 Å². The van der Waals surface area contributed by atoms with Crippen LogP contribution in [0.4, 0.5) is 5.82 Å². The van der Waals surface area contributed by atoms with E-state index < -0.39 is 6.10 Å². The van der Waals surface area contributed by atoms with Crippen LogP contribution in [0.1, 0.15) is 25.3 Å². The molecule has 0 saturated carbocycles. The third-order valence-electron chi connectivity index (χ3n) is 4.83. The van der Waals surface area contributed by atoms with E-state index in [1.807, 2.05) is 16.9 Å². The largest absolute Gasteiger partial charge is 0.381 e. The van der Waals surface area contributed by atoms with E-state index in [9.17, 15) is 4.79 Å². The molecule has 2 unspecified atom stereocenters. The van der Waals surface area contributed by atoms with Gasteiger partial charge in [-0.15, -0.1) is 0 Å². The summed E-state index contributed by atoms with van der Waals surface area (Å²) in [7, 11) is 3.71. The highest BCUT2D eigenvalue weighted by atomic mass is 16.5. The zero-order valence-corrected chi connectivity index (χ0v) is 13.9. The Balaban J connectivity index is 1.58. The minimum Gasteiger partial charge on any atom is -0.381 e. The fraction of sp³-hybridized carbons (Fsp3) is 0.750. The van der Waals surface area contributed by atoms with Crippen LogP contribution >= 0.6 is 0 Å². The van der Waals surface area contributed by atoms with Crippen molar-refractivity contribution >= 4 is 11.7 Å². The number of piperidine rings is 1. The van der Waals surface area contributed by atoms with Crippen LogP contribution in [0.25, 0.3) is 0 Å². The van der Waals surface area contributed by atoms with Crippen LogP contribution < -0.4 is 5.32 Å². The first kappa shape index (κ1) is 16.4. The van der Waals surface area contributed by atoms with Gasteiger partial charge in [0.15, 0.2) is 5.82 Å².